The number of fused-ring (bicyclic) bond motifs is 1. The predicted octanol–water partition coefficient (Wildman–Crippen LogP) is 5.28. The summed E-state index contributed by atoms with van der Waals surface area (Å²) in [4.78, 5) is 19.1. The van der Waals surface area contributed by atoms with Crippen LogP contribution in [0.2, 0.25) is 0 Å². The van der Waals surface area contributed by atoms with E-state index in [1.54, 1.807) is 18.1 Å². The number of hydrogen-bond acceptors (Lipinski definition) is 7. The first-order valence-corrected chi connectivity index (χ1v) is 13.0. The highest BCUT2D eigenvalue weighted by Gasteiger charge is 2.34. The highest BCUT2D eigenvalue weighted by molar-refractivity contribution is 5.81. The fraction of sp³-hybridized carbons (Fsp3) is 0.333. The molecule has 9 nitrogen and oxygen atoms in total. The molecular formula is C30H34N6O3. The van der Waals surface area contributed by atoms with Gasteiger partial charge in [0, 0.05) is 17.6 Å². The van der Waals surface area contributed by atoms with E-state index in [0.29, 0.717) is 24.5 Å². The minimum absolute atomic E-state index is 0.182. The number of furan rings is 1. The molecule has 1 N–H and O–H groups in total. The molecule has 0 saturated carbocycles. The number of benzene rings is 2. The van der Waals surface area contributed by atoms with Gasteiger partial charge < -0.3 is 14.1 Å². The SMILES string of the molecule is COc1ccc(CN(Cc2ccco2)[C@H](c2cc3cc(C)c(C)cc3[nH]c2=O)c2nnnn2C(C)(C)C)cc1. The molecule has 0 bridgehead atoms. The Hall–Kier alpha value is -4.24. The van der Waals surface area contributed by atoms with E-state index in [2.05, 4.69) is 38.4 Å². The molecule has 0 unspecified atom stereocenters. The van der Waals surface area contributed by atoms with E-state index in [4.69, 9.17) is 9.15 Å². The van der Waals surface area contributed by atoms with E-state index in [9.17, 15) is 4.79 Å². The second-order valence-electron chi connectivity index (χ2n) is 10.9. The van der Waals surface area contributed by atoms with Crippen LogP contribution in [0.4, 0.5) is 0 Å². The molecular weight excluding hydrogens is 492 g/mol. The highest BCUT2D eigenvalue weighted by atomic mass is 16.5. The number of ether oxygens (including phenoxy) is 1. The molecule has 3 heterocycles. The van der Waals surface area contributed by atoms with Gasteiger partial charge in [0.1, 0.15) is 17.6 Å². The number of methoxy groups -OCH3 is 1. The first kappa shape index (κ1) is 26.4. The maximum absolute atomic E-state index is 13.8. The summed E-state index contributed by atoms with van der Waals surface area (Å²) in [6.07, 6.45) is 1.66. The van der Waals surface area contributed by atoms with E-state index >= 15 is 0 Å². The van der Waals surface area contributed by atoms with Crippen molar-refractivity contribution in [1.82, 2.24) is 30.1 Å². The first-order chi connectivity index (χ1) is 18.6. The number of rotatable bonds is 8. The lowest BCUT2D eigenvalue weighted by molar-refractivity contribution is 0.171. The van der Waals surface area contributed by atoms with Crippen LogP contribution in [0.5, 0.6) is 5.75 Å². The Labute approximate surface area is 227 Å². The number of pyridine rings is 1. The van der Waals surface area contributed by atoms with Gasteiger partial charge in [0.15, 0.2) is 5.82 Å². The molecule has 0 spiro atoms. The fourth-order valence-electron chi connectivity index (χ4n) is 4.84. The maximum Gasteiger partial charge on any atom is 0.253 e. The number of nitrogens with one attached hydrogen (secondary N) is 1. The van der Waals surface area contributed by atoms with E-state index in [1.165, 1.54) is 0 Å². The summed E-state index contributed by atoms with van der Waals surface area (Å²) in [5.74, 6) is 2.13. The molecule has 0 aliphatic rings. The monoisotopic (exact) mass is 526 g/mol. The summed E-state index contributed by atoms with van der Waals surface area (Å²) in [6.45, 7) is 11.2. The smallest absolute Gasteiger partial charge is 0.253 e. The van der Waals surface area contributed by atoms with Crippen molar-refractivity contribution in [3.8, 4) is 5.75 Å². The summed E-state index contributed by atoms with van der Waals surface area (Å²) in [6, 6.07) is 17.2. The van der Waals surface area contributed by atoms with Gasteiger partial charge in [-0.25, -0.2) is 4.68 Å². The second kappa shape index (κ2) is 10.5. The fourth-order valence-corrected chi connectivity index (χ4v) is 4.84. The Balaban J connectivity index is 1.72. The summed E-state index contributed by atoms with van der Waals surface area (Å²) < 4.78 is 12.9. The van der Waals surface area contributed by atoms with Crippen LogP contribution in [0, 0.1) is 13.8 Å². The third kappa shape index (κ3) is 5.49. The van der Waals surface area contributed by atoms with Crippen LogP contribution < -0.4 is 10.3 Å². The van der Waals surface area contributed by atoms with Gasteiger partial charge in [0.25, 0.3) is 5.56 Å². The van der Waals surface area contributed by atoms with Gasteiger partial charge in [-0.05, 0) is 110 Å². The van der Waals surface area contributed by atoms with Gasteiger partial charge in [-0.15, -0.1) is 5.10 Å². The Morgan fingerprint density at radius 1 is 1.05 bits per heavy atom. The predicted molar refractivity (Wildman–Crippen MR) is 150 cm³/mol. The number of aromatic nitrogens is 5. The molecule has 3 aromatic heterocycles. The molecule has 0 saturated heterocycles. The number of aryl methyl sites for hydroxylation is 2. The van der Waals surface area contributed by atoms with Crippen LogP contribution in [-0.2, 0) is 18.6 Å². The van der Waals surface area contributed by atoms with Crippen LogP contribution in [0.15, 0.2) is 70.1 Å². The largest absolute Gasteiger partial charge is 0.497 e. The first-order valence-electron chi connectivity index (χ1n) is 13.0. The van der Waals surface area contributed by atoms with E-state index < -0.39 is 11.6 Å². The Morgan fingerprint density at radius 2 is 1.79 bits per heavy atom. The molecule has 0 fully saturated rings. The summed E-state index contributed by atoms with van der Waals surface area (Å²) >= 11 is 0. The zero-order chi connectivity index (χ0) is 27.7. The standard InChI is InChI=1S/C30H34N6O3/c1-19-14-22-16-25(29(37)31-26(22)15-20(19)2)27(28-32-33-34-36(28)30(3,4)5)35(18-24-8-7-13-39-24)17-21-9-11-23(38-6)12-10-21/h7-16,27H,17-18H2,1-6H3,(H,31,37)/t27-/m1/s1. The molecule has 0 amide bonds. The average Bonchev–Trinajstić information content (AvgIpc) is 3.59. The van der Waals surface area contributed by atoms with Crippen LogP contribution >= 0.6 is 0 Å². The molecule has 0 radical (unpaired) electrons. The molecule has 2 aromatic carbocycles. The Morgan fingerprint density at radius 3 is 2.46 bits per heavy atom. The van der Waals surface area contributed by atoms with Gasteiger partial charge in [-0.3, -0.25) is 9.69 Å². The van der Waals surface area contributed by atoms with Crippen molar-refractivity contribution >= 4 is 10.9 Å². The van der Waals surface area contributed by atoms with Crippen molar-refractivity contribution in [3.05, 3.63) is 105 Å². The van der Waals surface area contributed by atoms with E-state index in [-0.39, 0.29) is 5.56 Å². The van der Waals surface area contributed by atoms with Crippen molar-refractivity contribution in [1.29, 1.82) is 0 Å². The molecule has 39 heavy (non-hydrogen) atoms. The zero-order valence-corrected chi connectivity index (χ0v) is 23.2. The summed E-state index contributed by atoms with van der Waals surface area (Å²) in [5.41, 5.74) is 4.09. The molecule has 202 valence electrons. The molecule has 9 heteroatoms. The molecule has 5 aromatic rings. The number of H-pyrrole nitrogens is 1. The number of hydrogen-bond donors (Lipinski definition) is 1. The zero-order valence-electron chi connectivity index (χ0n) is 23.2. The summed E-state index contributed by atoms with van der Waals surface area (Å²) in [7, 11) is 1.65. The van der Waals surface area contributed by atoms with Gasteiger partial charge in [0.2, 0.25) is 0 Å². The molecule has 5 rings (SSSR count). The van der Waals surface area contributed by atoms with Crippen LogP contribution in [-0.4, -0.2) is 37.2 Å². The van der Waals surface area contributed by atoms with Crippen molar-refractivity contribution in [2.75, 3.05) is 7.11 Å². The van der Waals surface area contributed by atoms with Crippen molar-refractivity contribution in [2.24, 2.45) is 0 Å². The molecule has 0 aliphatic carbocycles. The topological polar surface area (TPSA) is 102 Å². The Kier molecular flexibility index (Phi) is 7.10. The van der Waals surface area contributed by atoms with Gasteiger partial charge in [-0.1, -0.05) is 12.1 Å². The van der Waals surface area contributed by atoms with Crippen molar-refractivity contribution in [2.45, 2.75) is 59.3 Å². The van der Waals surface area contributed by atoms with Crippen molar-refractivity contribution < 1.29 is 9.15 Å². The molecule has 0 aliphatic heterocycles. The third-order valence-corrected chi connectivity index (χ3v) is 7.00. The lowest BCUT2D eigenvalue weighted by Crippen LogP contribution is -2.37. The van der Waals surface area contributed by atoms with Gasteiger partial charge in [-0.2, -0.15) is 0 Å². The van der Waals surface area contributed by atoms with Crippen LogP contribution in [0.3, 0.4) is 0 Å². The molecule has 1 atom stereocenters. The highest BCUT2D eigenvalue weighted by Crippen LogP contribution is 2.32. The summed E-state index contributed by atoms with van der Waals surface area (Å²) in [5, 5.41) is 13.8. The normalized spacial score (nSPS) is 12.8. The Bertz CT molecular complexity index is 1630. The number of nitrogens with zero attached hydrogens (tertiary/aromatic N) is 5. The number of tetrazole rings is 1. The minimum Gasteiger partial charge on any atom is -0.497 e. The van der Waals surface area contributed by atoms with Crippen LogP contribution in [0.25, 0.3) is 10.9 Å². The third-order valence-electron chi connectivity index (χ3n) is 7.00. The average molecular weight is 527 g/mol. The number of aromatic amines is 1. The quantitative estimate of drug-likeness (QED) is 0.293. The lowest BCUT2D eigenvalue weighted by atomic mass is 9.99. The maximum atomic E-state index is 13.8. The lowest BCUT2D eigenvalue weighted by Gasteiger charge is -2.32. The van der Waals surface area contributed by atoms with Crippen LogP contribution in [0.1, 0.15) is 60.7 Å². The van der Waals surface area contributed by atoms with Crippen molar-refractivity contribution in [3.63, 3.8) is 0 Å². The minimum atomic E-state index is -0.568. The van der Waals surface area contributed by atoms with E-state index in [1.807, 2.05) is 76.2 Å². The van der Waals surface area contributed by atoms with Gasteiger partial charge in [0.05, 0.1) is 25.5 Å². The van der Waals surface area contributed by atoms with E-state index in [0.717, 1.165) is 39.1 Å². The van der Waals surface area contributed by atoms with Gasteiger partial charge >= 0.3 is 0 Å². The second-order valence-corrected chi connectivity index (χ2v) is 10.9.